The number of aryl methyl sites for hydroxylation is 2. The number of Topliss-reactive ketones (excluding diaryl/α,β-unsaturated/α-hetero) is 1. The van der Waals surface area contributed by atoms with Gasteiger partial charge >= 0.3 is 0 Å². The van der Waals surface area contributed by atoms with E-state index in [1.54, 1.807) is 19.1 Å². The standard InChI is InChI=1S/C29H23FN2O3S/c1-17-7-6-10-21(15-17)24-23(26(34)29(35)32(24)16-19-11-13-22(30)14-12-19)25(33)27-18(2)31-28(36-27)20-8-4-3-5-9-20/h3-15,24,34H,16H2,1-2H3. The lowest BCUT2D eigenvalue weighted by Crippen LogP contribution is -2.30. The molecule has 5 nitrogen and oxygen atoms in total. The monoisotopic (exact) mass is 498 g/mol. The van der Waals surface area contributed by atoms with Crippen LogP contribution in [-0.2, 0) is 11.3 Å². The molecule has 4 aromatic rings. The third-order valence-corrected chi connectivity index (χ3v) is 7.40. The summed E-state index contributed by atoms with van der Waals surface area (Å²) >= 11 is 1.24. The molecule has 1 aliphatic rings. The van der Waals surface area contributed by atoms with E-state index in [0.717, 1.165) is 11.1 Å². The van der Waals surface area contributed by atoms with Crippen LogP contribution in [0.4, 0.5) is 4.39 Å². The lowest BCUT2D eigenvalue weighted by molar-refractivity contribution is -0.130. The number of amides is 1. The summed E-state index contributed by atoms with van der Waals surface area (Å²) in [6.45, 7) is 3.78. The Kier molecular flexibility index (Phi) is 6.24. The molecule has 0 saturated carbocycles. The second kappa shape index (κ2) is 9.51. The first kappa shape index (κ1) is 23.6. The van der Waals surface area contributed by atoms with Gasteiger partial charge in [0.25, 0.3) is 5.91 Å². The molecule has 3 aromatic carbocycles. The van der Waals surface area contributed by atoms with Crippen molar-refractivity contribution in [1.29, 1.82) is 0 Å². The fourth-order valence-corrected chi connectivity index (χ4v) is 5.48. The van der Waals surface area contributed by atoms with Crippen LogP contribution < -0.4 is 0 Å². The highest BCUT2D eigenvalue weighted by Crippen LogP contribution is 2.42. The van der Waals surface area contributed by atoms with Gasteiger partial charge in [-0.1, -0.05) is 72.3 Å². The second-order valence-corrected chi connectivity index (χ2v) is 9.77. The summed E-state index contributed by atoms with van der Waals surface area (Å²) in [5.41, 5.74) is 3.81. The van der Waals surface area contributed by atoms with Gasteiger partial charge in [-0.3, -0.25) is 9.59 Å². The molecular formula is C29H23FN2O3S. The molecule has 1 unspecified atom stereocenters. The number of carbonyl (C=O) groups is 2. The second-order valence-electron chi connectivity index (χ2n) is 8.77. The van der Waals surface area contributed by atoms with Gasteiger partial charge in [0.2, 0.25) is 5.78 Å². The number of aromatic nitrogens is 1. The fraction of sp³-hybridized carbons (Fsp3) is 0.138. The van der Waals surface area contributed by atoms with Gasteiger partial charge in [-0.25, -0.2) is 9.37 Å². The van der Waals surface area contributed by atoms with Crippen molar-refractivity contribution < 1.29 is 19.1 Å². The number of hydrogen-bond acceptors (Lipinski definition) is 5. The molecule has 180 valence electrons. The maximum Gasteiger partial charge on any atom is 0.290 e. The van der Waals surface area contributed by atoms with Crippen LogP contribution in [0.2, 0.25) is 0 Å². The first-order valence-electron chi connectivity index (χ1n) is 11.5. The maximum absolute atomic E-state index is 13.9. The Morgan fingerprint density at radius 1 is 1.03 bits per heavy atom. The summed E-state index contributed by atoms with van der Waals surface area (Å²) in [5, 5.41) is 11.7. The number of carbonyl (C=O) groups excluding carboxylic acids is 2. The zero-order chi connectivity index (χ0) is 25.4. The molecule has 5 rings (SSSR count). The molecule has 0 radical (unpaired) electrons. The van der Waals surface area contributed by atoms with Crippen molar-refractivity contribution in [2.45, 2.75) is 26.4 Å². The number of thiazole rings is 1. The minimum atomic E-state index is -0.795. The molecule has 0 spiro atoms. The van der Waals surface area contributed by atoms with Gasteiger partial charge in [0.1, 0.15) is 10.8 Å². The van der Waals surface area contributed by atoms with Crippen LogP contribution >= 0.6 is 11.3 Å². The molecule has 0 bridgehead atoms. The molecule has 1 amide bonds. The first-order chi connectivity index (χ1) is 17.3. The van der Waals surface area contributed by atoms with E-state index in [1.807, 2.05) is 61.5 Å². The minimum Gasteiger partial charge on any atom is -0.503 e. The van der Waals surface area contributed by atoms with Crippen molar-refractivity contribution in [3.8, 4) is 10.6 Å². The Bertz CT molecular complexity index is 1490. The third-order valence-electron chi connectivity index (χ3n) is 6.20. The number of hydrogen-bond donors (Lipinski definition) is 1. The summed E-state index contributed by atoms with van der Waals surface area (Å²) in [5.74, 6) is -2.01. The number of rotatable bonds is 6. The van der Waals surface area contributed by atoms with E-state index in [9.17, 15) is 19.1 Å². The molecule has 36 heavy (non-hydrogen) atoms. The Balaban J connectivity index is 1.58. The third kappa shape index (κ3) is 4.33. The van der Waals surface area contributed by atoms with Gasteiger partial charge in [0.15, 0.2) is 5.76 Å². The maximum atomic E-state index is 13.9. The van der Waals surface area contributed by atoms with Gasteiger partial charge < -0.3 is 10.0 Å². The quantitative estimate of drug-likeness (QED) is 0.315. The van der Waals surface area contributed by atoms with Gasteiger partial charge in [0.05, 0.1) is 22.2 Å². The molecule has 2 heterocycles. The van der Waals surface area contributed by atoms with E-state index in [2.05, 4.69) is 4.98 Å². The Morgan fingerprint density at radius 3 is 2.44 bits per heavy atom. The largest absolute Gasteiger partial charge is 0.503 e. The Hall–Kier alpha value is -4.10. The first-order valence-corrected chi connectivity index (χ1v) is 12.3. The van der Waals surface area contributed by atoms with E-state index < -0.39 is 23.5 Å². The molecule has 7 heteroatoms. The summed E-state index contributed by atoms with van der Waals surface area (Å²) in [4.78, 5) is 33.6. The SMILES string of the molecule is Cc1cccc(C2C(C(=O)c3sc(-c4ccccc4)nc3C)=C(O)C(=O)N2Cc2ccc(F)cc2)c1. The zero-order valence-electron chi connectivity index (χ0n) is 19.7. The van der Waals surface area contributed by atoms with Gasteiger partial charge in [-0.15, -0.1) is 11.3 Å². The van der Waals surface area contributed by atoms with Crippen LogP contribution in [0.5, 0.6) is 0 Å². The number of ketones is 1. The Morgan fingerprint density at radius 2 is 1.75 bits per heavy atom. The fourth-order valence-electron chi connectivity index (χ4n) is 4.46. The van der Waals surface area contributed by atoms with Crippen molar-refractivity contribution in [1.82, 2.24) is 9.88 Å². The van der Waals surface area contributed by atoms with Crippen molar-refractivity contribution >= 4 is 23.0 Å². The average molecular weight is 499 g/mol. The van der Waals surface area contributed by atoms with Gasteiger partial charge in [-0.05, 0) is 37.1 Å². The number of nitrogens with zero attached hydrogens (tertiary/aromatic N) is 2. The average Bonchev–Trinajstić information content (AvgIpc) is 3.38. The minimum absolute atomic E-state index is 0.0269. The molecule has 1 atom stereocenters. The molecule has 1 aliphatic heterocycles. The van der Waals surface area contributed by atoms with Gasteiger partial charge in [0, 0.05) is 12.1 Å². The van der Waals surface area contributed by atoms with E-state index in [-0.39, 0.29) is 17.9 Å². The van der Waals surface area contributed by atoms with Crippen LogP contribution in [0.15, 0.2) is 90.2 Å². The highest BCUT2D eigenvalue weighted by atomic mass is 32.1. The lowest BCUT2D eigenvalue weighted by Gasteiger charge is -2.27. The molecular weight excluding hydrogens is 475 g/mol. The molecule has 1 N–H and O–H groups in total. The number of benzene rings is 3. The molecule has 0 fully saturated rings. The predicted octanol–water partition coefficient (Wildman–Crippen LogP) is 6.34. The Labute approximate surface area is 212 Å². The number of aliphatic hydroxyl groups is 1. The summed E-state index contributed by atoms with van der Waals surface area (Å²) < 4.78 is 13.5. The highest BCUT2D eigenvalue weighted by Gasteiger charge is 2.44. The number of halogens is 1. The normalized spacial score (nSPS) is 15.6. The van der Waals surface area contributed by atoms with Crippen molar-refractivity contribution in [3.63, 3.8) is 0 Å². The van der Waals surface area contributed by atoms with Crippen molar-refractivity contribution in [2.24, 2.45) is 0 Å². The van der Waals surface area contributed by atoms with Crippen LogP contribution in [0, 0.1) is 19.7 Å². The highest BCUT2D eigenvalue weighted by molar-refractivity contribution is 7.17. The lowest BCUT2D eigenvalue weighted by atomic mass is 9.94. The van der Waals surface area contributed by atoms with Gasteiger partial charge in [-0.2, -0.15) is 0 Å². The van der Waals surface area contributed by atoms with E-state index >= 15 is 0 Å². The summed E-state index contributed by atoms with van der Waals surface area (Å²) in [6.07, 6.45) is 0. The summed E-state index contributed by atoms with van der Waals surface area (Å²) in [7, 11) is 0. The molecule has 0 aliphatic carbocycles. The van der Waals surface area contributed by atoms with Crippen LogP contribution in [0.3, 0.4) is 0 Å². The van der Waals surface area contributed by atoms with Crippen molar-refractivity contribution in [3.05, 3.63) is 123 Å². The van der Waals surface area contributed by atoms with E-state index in [4.69, 9.17) is 0 Å². The van der Waals surface area contributed by atoms with Crippen LogP contribution in [-0.4, -0.2) is 26.7 Å². The van der Waals surface area contributed by atoms with Crippen LogP contribution in [0.1, 0.15) is 38.1 Å². The van der Waals surface area contributed by atoms with E-state index in [0.29, 0.717) is 26.7 Å². The smallest absolute Gasteiger partial charge is 0.290 e. The van der Waals surface area contributed by atoms with Crippen molar-refractivity contribution in [2.75, 3.05) is 0 Å². The van der Waals surface area contributed by atoms with E-state index in [1.165, 1.54) is 28.4 Å². The predicted molar refractivity (Wildman–Crippen MR) is 137 cm³/mol. The summed E-state index contributed by atoms with van der Waals surface area (Å²) in [6, 6.07) is 22.1. The molecule has 1 aromatic heterocycles. The topological polar surface area (TPSA) is 70.5 Å². The number of aliphatic hydroxyl groups excluding tert-OH is 1. The van der Waals surface area contributed by atoms with Crippen LogP contribution in [0.25, 0.3) is 10.6 Å². The zero-order valence-corrected chi connectivity index (χ0v) is 20.6. The molecule has 0 saturated heterocycles.